The Kier molecular flexibility index (Phi) is 5.08. The average molecular weight is 303 g/mol. The molecule has 0 fully saturated rings. The summed E-state index contributed by atoms with van der Waals surface area (Å²) in [5.41, 5.74) is 10.2. The summed E-state index contributed by atoms with van der Waals surface area (Å²) in [4.78, 5) is 12.4. The molecule has 0 unspecified atom stereocenters. The van der Waals surface area contributed by atoms with Gasteiger partial charge in [0.2, 0.25) is 0 Å². The summed E-state index contributed by atoms with van der Waals surface area (Å²) in [5.74, 6) is 6.33. The summed E-state index contributed by atoms with van der Waals surface area (Å²) in [6, 6.07) is 12.9. The molecule has 0 heterocycles. The summed E-state index contributed by atoms with van der Waals surface area (Å²) >= 11 is 1.65. The topological polar surface area (TPSA) is 90.4 Å². The molecular weight excluding hydrogens is 286 g/mol. The quantitative estimate of drug-likeness (QED) is 0.259. The predicted molar refractivity (Wildman–Crippen MR) is 85.1 cm³/mol. The van der Waals surface area contributed by atoms with Crippen molar-refractivity contribution < 1.29 is 9.53 Å². The molecule has 0 aliphatic heterocycles. The van der Waals surface area contributed by atoms with Crippen molar-refractivity contribution in [2.75, 3.05) is 12.8 Å². The number of nitrogens with one attached hydrogen (secondary N) is 1. The molecule has 0 aliphatic carbocycles. The van der Waals surface area contributed by atoms with Gasteiger partial charge in [0.1, 0.15) is 5.75 Å². The number of carbonyl (C=O) groups is 1. The van der Waals surface area contributed by atoms with Gasteiger partial charge in [-0.05, 0) is 29.8 Å². The molecule has 0 saturated heterocycles. The highest BCUT2D eigenvalue weighted by Gasteiger charge is 2.06. The number of anilines is 1. The maximum Gasteiger partial charge on any atom is 0.265 e. The van der Waals surface area contributed by atoms with E-state index in [1.54, 1.807) is 37.1 Å². The number of benzene rings is 2. The van der Waals surface area contributed by atoms with Gasteiger partial charge in [0.25, 0.3) is 5.91 Å². The third kappa shape index (κ3) is 3.90. The van der Waals surface area contributed by atoms with Crippen LogP contribution < -0.4 is 21.7 Å². The Morgan fingerprint density at radius 2 is 1.95 bits per heavy atom. The van der Waals surface area contributed by atoms with Gasteiger partial charge in [0, 0.05) is 28.0 Å². The van der Waals surface area contributed by atoms with Gasteiger partial charge in [-0.1, -0.05) is 12.1 Å². The van der Waals surface area contributed by atoms with Gasteiger partial charge in [0.15, 0.2) is 0 Å². The van der Waals surface area contributed by atoms with Crippen LogP contribution in [0.3, 0.4) is 0 Å². The minimum atomic E-state index is -0.297. The van der Waals surface area contributed by atoms with Crippen LogP contribution in [0.15, 0.2) is 47.4 Å². The van der Waals surface area contributed by atoms with E-state index in [1.807, 2.05) is 24.3 Å². The van der Waals surface area contributed by atoms with Crippen molar-refractivity contribution in [3.8, 4) is 5.75 Å². The minimum Gasteiger partial charge on any atom is -0.496 e. The fraction of sp³-hybridized carbons (Fsp3) is 0.133. The van der Waals surface area contributed by atoms with E-state index in [4.69, 9.17) is 16.3 Å². The van der Waals surface area contributed by atoms with E-state index in [0.717, 1.165) is 22.0 Å². The van der Waals surface area contributed by atoms with E-state index in [9.17, 15) is 4.79 Å². The van der Waals surface area contributed by atoms with Crippen molar-refractivity contribution in [2.24, 2.45) is 5.84 Å². The second-order valence-electron chi connectivity index (χ2n) is 4.37. The predicted octanol–water partition coefficient (Wildman–Crippen LogP) is 2.17. The standard InChI is InChI=1S/C15H17N3O2S/c1-20-13-8-12(16)6-7-14(13)21-9-10-2-4-11(5-3-10)15(19)18-17/h2-8H,9,16-17H2,1H3,(H,18,19). The molecule has 6 heteroatoms. The van der Waals surface area contributed by atoms with Crippen molar-refractivity contribution >= 4 is 23.4 Å². The Balaban J connectivity index is 2.05. The fourth-order valence-electron chi connectivity index (χ4n) is 1.80. The second kappa shape index (κ2) is 7.01. The van der Waals surface area contributed by atoms with Gasteiger partial charge >= 0.3 is 0 Å². The molecule has 5 nitrogen and oxygen atoms in total. The van der Waals surface area contributed by atoms with Gasteiger partial charge in [-0.25, -0.2) is 5.84 Å². The summed E-state index contributed by atoms with van der Waals surface area (Å²) in [5, 5.41) is 0. The van der Waals surface area contributed by atoms with E-state index in [2.05, 4.69) is 5.43 Å². The lowest BCUT2D eigenvalue weighted by Crippen LogP contribution is -2.29. The van der Waals surface area contributed by atoms with Crippen LogP contribution in [0.5, 0.6) is 5.75 Å². The molecule has 2 rings (SSSR count). The summed E-state index contributed by atoms with van der Waals surface area (Å²) in [6.07, 6.45) is 0. The number of carbonyl (C=O) groups excluding carboxylic acids is 1. The number of hydrogen-bond donors (Lipinski definition) is 3. The van der Waals surface area contributed by atoms with Crippen LogP contribution in [0, 0.1) is 0 Å². The first kappa shape index (κ1) is 15.2. The summed E-state index contributed by atoms with van der Waals surface area (Å²) < 4.78 is 5.31. The zero-order valence-corrected chi connectivity index (χ0v) is 12.4. The van der Waals surface area contributed by atoms with Crippen molar-refractivity contribution in [3.05, 3.63) is 53.6 Å². The molecule has 0 aliphatic rings. The highest BCUT2D eigenvalue weighted by Crippen LogP contribution is 2.33. The second-order valence-corrected chi connectivity index (χ2v) is 5.39. The van der Waals surface area contributed by atoms with E-state index < -0.39 is 0 Å². The third-order valence-corrected chi connectivity index (χ3v) is 4.06. The van der Waals surface area contributed by atoms with Crippen molar-refractivity contribution in [3.63, 3.8) is 0 Å². The molecular formula is C15H17N3O2S. The number of methoxy groups -OCH3 is 1. The fourth-order valence-corrected chi connectivity index (χ4v) is 2.76. The van der Waals surface area contributed by atoms with Gasteiger partial charge in [-0.15, -0.1) is 11.8 Å². The molecule has 110 valence electrons. The van der Waals surface area contributed by atoms with Crippen molar-refractivity contribution in [2.45, 2.75) is 10.6 Å². The molecule has 0 radical (unpaired) electrons. The number of ether oxygens (including phenoxy) is 1. The zero-order chi connectivity index (χ0) is 15.2. The minimum absolute atomic E-state index is 0.297. The molecule has 2 aromatic rings. The molecule has 0 bridgehead atoms. The summed E-state index contributed by atoms with van der Waals surface area (Å²) in [6.45, 7) is 0. The number of amides is 1. The molecule has 0 aromatic heterocycles. The Morgan fingerprint density at radius 1 is 1.24 bits per heavy atom. The SMILES string of the molecule is COc1cc(N)ccc1SCc1ccc(C(=O)NN)cc1. The largest absolute Gasteiger partial charge is 0.496 e. The van der Waals surface area contributed by atoms with Gasteiger partial charge in [-0.2, -0.15) is 0 Å². The lowest BCUT2D eigenvalue weighted by molar-refractivity contribution is 0.0953. The van der Waals surface area contributed by atoms with E-state index in [1.165, 1.54) is 0 Å². The Morgan fingerprint density at radius 3 is 2.57 bits per heavy atom. The maximum absolute atomic E-state index is 11.3. The Labute approximate surface area is 127 Å². The number of thioether (sulfide) groups is 1. The number of nitrogens with two attached hydrogens (primary N) is 2. The first-order chi connectivity index (χ1) is 10.1. The molecule has 5 N–H and O–H groups in total. The summed E-state index contributed by atoms with van der Waals surface area (Å²) in [7, 11) is 1.62. The number of nitrogen functional groups attached to an aromatic ring is 2. The number of hydrazine groups is 1. The highest BCUT2D eigenvalue weighted by atomic mass is 32.2. The van der Waals surface area contributed by atoms with E-state index in [-0.39, 0.29) is 5.91 Å². The molecule has 21 heavy (non-hydrogen) atoms. The lowest BCUT2D eigenvalue weighted by atomic mass is 10.1. The molecule has 0 atom stereocenters. The van der Waals surface area contributed by atoms with Crippen LogP contribution in [0.4, 0.5) is 5.69 Å². The van der Waals surface area contributed by atoms with Crippen LogP contribution in [-0.4, -0.2) is 13.0 Å². The highest BCUT2D eigenvalue weighted by molar-refractivity contribution is 7.98. The van der Waals surface area contributed by atoms with Gasteiger partial charge in [-0.3, -0.25) is 10.2 Å². The molecule has 1 amide bonds. The first-order valence-corrected chi connectivity index (χ1v) is 7.29. The number of hydrogen-bond acceptors (Lipinski definition) is 5. The van der Waals surface area contributed by atoms with Crippen LogP contribution in [0.1, 0.15) is 15.9 Å². The average Bonchev–Trinajstić information content (AvgIpc) is 2.53. The Hall–Kier alpha value is -2.18. The zero-order valence-electron chi connectivity index (χ0n) is 11.6. The first-order valence-electron chi connectivity index (χ1n) is 6.30. The van der Waals surface area contributed by atoms with Crippen LogP contribution in [0.25, 0.3) is 0 Å². The lowest BCUT2D eigenvalue weighted by Gasteiger charge is -2.09. The molecule has 0 spiro atoms. The third-order valence-electron chi connectivity index (χ3n) is 2.93. The van der Waals surface area contributed by atoms with Crippen LogP contribution in [0.2, 0.25) is 0 Å². The van der Waals surface area contributed by atoms with Gasteiger partial charge < -0.3 is 10.5 Å². The molecule has 2 aromatic carbocycles. The molecule has 0 saturated carbocycles. The maximum atomic E-state index is 11.3. The number of rotatable bonds is 5. The van der Waals surface area contributed by atoms with E-state index in [0.29, 0.717) is 11.3 Å². The normalized spacial score (nSPS) is 10.2. The van der Waals surface area contributed by atoms with E-state index >= 15 is 0 Å². The van der Waals surface area contributed by atoms with Gasteiger partial charge in [0.05, 0.1) is 7.11 Å². The Bertz CT molecular complexity index is 629. The monoisotopic (exact) mass is 303 g/mol. The van der Waals surface area contributed by atoms with Crippen molar-refractivity contribution in [1.29, 1.82) is 0 Å². The van der Waals surface area contributed by atoms with Crippen LogP contribution in [-0.2, 0) is 5.75 Å². The van der Waals surface area contributed by atoms with Crippen LogP contribution >= 0.6 is 11.8 Å². The smallest absolute Gasteiger partial charge is 0.265 e. The van der Waals surface area contributed by atoms with Crippen molar-refractivity contribution in [1.82, 2.24) is 5.43 Å².